The SMILES string of the molecule is COc1ccc(CN(CCC(=O)O)C(=O)C2OCOC2C(=O)Nc2ccccc2Cl)cc1OC. The van der Waals surface area contributed by atoms with Crippen molar-refractivity contribution < 1.29 is 38.4 Å². The molecule has 0 aromatic heterocycles. The van der Waals surface area contributed by atoms with Crippen LogP contribution >= 0.6 is 11.6 Å². The number of halogens is 1. The van der Waals surface area contributed by atoms with Gasteiger partial charge in [-0.1, -0.05) is 29.8 Å². The Bertz CT molecular complexity index is 1050. The minimum atomic E-state index is -1.25. The van der Waals surface area contributed by atoms with Crippen molar-refractivity contribution in [2.24, 2.45) is 0 Å². The van der Waals surface area contributed by atoms with Gasteiger partial charge in [0.1, 0.15) is 6.79 Å². The fraction of sp³-hybridized carbons (Fsp3) is 0.348. The van der Waals surface area contributed by atoms with Gasteiger partial charge in [0.2, 0.25) is 0 Å². The number of hydrogen-bond acceptors (Lipinski definition) is 7. The lowest BCUT2D eigenvalue weighted by atomic mass is 10.1. The second-order valence-corrected chi connectivity index (χ2v) is 7.76. The lowest BCUT2D eigenvalue weighted by Crippen LogP contribution is -2.48. The molecule has 1 saturated heterocycles. The average Bonchev–Trinajstić information content (AvgIpc) is 3.32. The zero-order chi connectivity index (χ0) is 24.7. The van der Waals surface area contributed by atoms with E-state index in [0.29, 0.717) is 27.8 Å². The van der Waals surface area contributed by atoms with Gasteiger partial charge in [0.15, 0.2) is 23.7 Å². The maximum Gasteiger partial charge on any atom is 0.305 e. The van der Waals surface area contributed by atoms with Gasteiger partial charge in [-0.05, 0) is 29.8 Å². The van der Waals surface area contributed by atoms with E-state index in [4.69, 9.17) is 35.7 Å². The topological polar surface area (TPSA) is 124 Å². The number of methoxy groups -OCH3 is 2. The minimum absolute atomic E-state index is 0.0607. The molecule has 2 atom stereocenters. The summed E-state index contributed by atoms with van der Waals surface area (Å²) in [5.41, 5.74) is 1.04. The van der Waals surface area contributed by atoms with E-state index in [9.17, 15) is 14.4 Å². The van der Waals surface area contributed by atoms with Crippen molar-refractivity contribution in [3.05, 3.63) is 53.1 Å². The highest BCUT2D eigenvalue weighted by Crippen LogP contribution is 2.29. The van der Waals surface area contributed by atoms with Crippen molar-refractivity contribution in [1.29, 1.82) is 0 Å². The normalized spacial score (nSPS) is 17.1. The summed E-state index contributed by atoms with van der Waals surface area (Å²) >= 11 is 6.10. The van der Waals surface area contributed by atoms with E-state index in [1.54, 1.807) is 42.5 Å². The van der Waals surface area contributed by atoms with E-state index < -0.39 is 30.0 Å². The van der Waals surface area contributed by atoms with Crippen LogP contribution < -0.4 is 14.8 Å². The van der Waals surface area contributed by atoms with Gasteiger partial charge in [0.25, 0.3) is 11.8 Å². The molecule has 1 aliphatic heterocycles. The molecule has 10 nitrogen and oxygen atoms in total. The van der Waals surface area contributed by atoms with Crippen molar-refractivity contribution in [3.63, 3.8) is 0 Å². The van der Waals surface area contributed by atoms with Gasteiger partial charge in [0, 0.05) is 13.1 Å². The molecule has 2 aromatic rings. The number of amides is 2. The Kier molecular flexibility index (Phi) is 8.69. The molecule has 2 N–H and O–H groups in total. The van der Waals surface area contributed by atoms with Gasteiger partial charge in [-0.2, -0.15) is 0 Å². The molecule has 1 fully saturated rings. The first kappa shape index (κ1) is 25.3. The first-order valence-corrected chi connectivity index (χ1v) is 10.7. The smallest absolute Gasteiger partial charge is 0.305 e. The quantitative estimate of drug-likeness (QED) is 0.518. The summed E-state index contributed by atoms with van der Waals surface area (Å²) in [6.07, 6.45) is -2.78. The minimum Gasteiger partial charge on any atom is -0.493 e. The Morgan fingerprint density at radius 2 is 1.79 bits per heavy atom. The average molecular weight is 493 g/mol. The Morgan fingerprint density at radius 1 is 1.09 bits per heavy atom. The summed E-state index contributed by atoms with van der Waals surface area (Å²) in [5, 5.41) is 12.1. The molecule has 0 aliphatic carbocycles. The number of nitrogens with zero attached hydrogens (tertiary/aromatic N) is 1. The lowest BCUT2D eigenvalue weighted by Gasteiger charge is -2.26. The van der Waals surface area contributed by atoms with E-state index in [0.717, 1.165) is 0 Å². The largest absolute Gasteiger partial charge is 0.493 e. The molecule has 0 radical (unpaired) electrons. The van der Waals surface area contributed by atoms with E-state index in [1.165, 1.54) is 19.1 Å². The number of benzene rings is 2. The molecule has 3 rings (SSSR count). The van der Waals surface area contributed by atoms with E-state index in [1.807, 2.05) is 0 Å². The summed E-state index contributed by atoms with van der Waals surface area (Å²) in [4.78, 5) is 38.6. The number of carboxylic acid groups (broad SMARTS) is 1. The maximum atomic E-state index is 13.3. The monoisotopic (exact) mass is 492 g/mol. The van der Waals surface area contributed by atoms with Crippen LogP contribution in [-0.2, 0) is 30.4 Å². The highest BCUT2D eigenvalue weighted by atomic mass is 35.5. The first-order valence-electron chi connectivity index (χ1n) is 10.3. The van der Waals surface area contributed by atoms with Crippen molar-refractivity contribution in [3.8, 4) is 11.5 Å². The van der Waals surface area contributed by atoms with E-state index >= 15 is 0 Å². The molecule has 182 valence electrons. The number of ether oxygens (including phenoxy) is 4. The van der Waals surface area contributed by atoms with E-state index in [-0.39, 0.29) is 26.3 Å². The molecular weight excluding hydrogens is 468 g/mol. The van der Waals surface area contributed by atoms with Gasteiger partial charge in [-0.15, -0.1) is 0 Å². The number of aliphatic carboxylic acids is 1. The third-order valence-electron chi connectivity index (χ3n) is 5.13. The summed E-state index contributed by atoms with van der Waals surface area (Å²) in [6, 6.07) is 11.7. The third-order valence-corrected chi connectivity index (χ3v) is 5.46. The number of carbonyl (C=O) groups is 3. The number of nitrogens with one attached hydrogen (secondary N) is 1. The molecule has 11 heteroatoms. The van der Waals surface area contributed by atoms with Crippen LogP contribution in [0.25, 0.3) is 0 Å². The molecule has 1 heterocycles. The van der Waals surface area contributed by atoms with Crippen LogP contribution in [0.15, 0.2) is 42.5 Å². The Hall–Kier alpha value is -3.34. The van der Waals surface area contributed by atoms with Crippen molar-refractivity contribution >= 4 is 35.1 Å². The van der Waals surface area contributed by atoms with Crippen molar-refractivity contribution in [2.75, 3.05) is 32.9 Å². The van der Waals surface area contributed by atoms with Crippen LogP contribution in [0.3, 0.4) is 0 Å². The summed E-state index contributed by atoms with van der Waals surface area (Å²) in [5.74, 6) is -1.27. The maximum absolute atomic E-state index is 13.3. The van der Waals surface area contributed by atoms with Crippen molar-refractivity contribution in [1.82, 2.24) is 4.90 Å². The second-order valence-electron chi connectivity index (χ2n) is 7.35. The number of para-hydroxylation sites is 1. The predicted octanol–water partition coefficient (Wildman–Crippen LogP) is 2.54. The number of anilines is 1. The van der Waals surface area contributed by atoms with Crippen LogP contribution in [0.5, 0.6) is 11.5 Å². The molecule has 0 saturated carbocycles. The molecule has 2 aromatic carbocycles. The summed E-state index contributed by atoms with van der Waals surface area (Å²) in [7, 11) is 2.99. The third kappa shape index (κ3) is 6.16. The number of carboxylic acids is 1. The first-order chi connectivity index (χ1) is 16.3. The molecule has 1 aliphatic rings. The Morgan fingerprint density at radius 3 is 2.47 bits per heavy atom. The molecule has 0 bridgehead atoms. The van der Waals surface area contributed by atoms with Crippen LogP contribution in [0.2, 0.25) is 5.02 Å². The molecule has 2 amide bonds. The highest BCUT2D eigenvalue weighted by Gasteiger charge is 2.42. The Balaban J connectivity index is 1.78. The van der Waals surface area contributed by atoms with Crippen LogP contribution in [0, 0.1) is 0 Å². The molecule has 34 heavy (non-hydrogen) atoms. The second kappa shape index (κ2) is 11.7. The highest BCUT2D eigenvalue weighted by molar-refractivity contribution is 6.33. The van der Waals surface area contributed by atoms with Gasteiger partial charge in [-0.25, -0.2) is 0 Å². The molecular formula is C23H25ClN2O8. The summed E-state index contributed by atoms with van der Waals surface area (Å²) in [6.45, 7) is -0.299. The van der Waals surface area contributed by atoms with Gasteiger partial charge >= 0.3 is 5.97 Å². The van der Waals surface area contributed by atoms with Crippen molar-refractivity contribution in [2.45, 2.75) is 25.2 Å². The van der Waals surface area contributed by atoms with Crippen LogP contribution in [-0.4, -0.2) is 67.6 Å². The zero-order valence-electron chi connectivity index (χ0n) is 18.7. The molecule has 2 unspecified atom stereocenters. The number of rotatable bonds is 10. The fourth-order valence-electron chi connectivity index (χ4n) is 3.42. The Labute approximate surface area is 201 Å². The lowest BCUT2D eigenvalue weighted by molar-refractivity contribution is -0.146. The fourth-order valence-corrected chi connectivity index (χ4v) is 3.60. The van der Waals surface area contributed by atoms with Gasteiger partial charge in [-0.3, -0.25) is 14.4 Å². The van der Waals surface area contributed by atoms with Crippen LogP contribution in [0.4, 0.5) is 5.69 Å². The zero-order valence-corrected chi connectivity index (χ0v) is 19.4. The predicted molar refractivity (Wildman–Crippen MR) is 122 cm³/mol. The van der Waals surface area contributed by atoms with Gasteiger partial charge < -0.3 is 34.3 Å². The number of hydrogen-bond donors (Lipinski definition) is 2. The van der Waals surface area contributed by atoms with E-state index in [2.05, 4.69) is 5.32 Å². The summed E-state index contributed by atoms with van der Waals surface area (Å²) < 4.78 is 21.3. The molecule has 0 spiro atoms. The van der Waals surface area contributed by atoms with Gasteiger partial charge in [0.05, 0.1) is 31.4 Å². The van der Waals surface area contributed by atoms with Crippen LogP contribution in [0.1, 0.15) is 12.0 Å². The number of carbonyl (C=O) groups excluding carboxylic acids is 2. The standard InChI is InChI=1S/C23H25ClN2O8/c1-31-17-8-7-14(11-18(17)32-2)12-26(10-9-19(27)28)23(30)21-20(33-13-34-21)22(29)25-16-6-4-3-5-15(16)24/h3-8,11,20-21H,9-10,12-13H2,1-2H3,(H,25,29)(H,27,28).